The van der Waals surface area contributed by atoms with Gasteiger partial charge in [-0.3, -0.25) is 19.2 Å². The molecular weight excluding hydrogens is 520 g/mol. The average Bonchev–Trinajstić information content (AvgIpc) is 2.91. The lowest BCUT2D eigenvalue weighted by molar-refractivity contribution is -0.209. The Hall–Kier alpha value is -3.14. The average molecular weight is 569 g/mol. The van der Waals surface area contributed by atoms with Crippen molar-refractivity contribution in [3.63, 3.8) is 0 Å². The van der Waals surface area contributed by atoms with Crippen molar-refractivity contribution < 1.29 is 19.2 Å². The van der Waals surface area contributed by atoms with Gasteiger partial charge in [-0.1, -0.05) is 90.8 Å². The van der Waals surface area contributed by atoms with Crippen LogP contribution in [0.15, 0.2) is 76.9 Å². The van der Waals surface area contributed by atoms with Crippen molar-refractivity contribution in [1.29, 1.82) is 0 Å². The highest BCUT2D eigenvalue weighted by atomic mass is 16.2. The van der Waals surface area contributed by atoms with Gasteiger partial charge in [0.1, 0.15) is 0 Å². The van der Waals surface area contributed by atoms with Crippen LogP contribution in [0.2, 0.25) is 0 Å². The highest BCUT2D eigenvalue weighted by Crippen LogP contribution is 2.75. The van der Waals surface area contributed by atoms with E-state index in [1.54, 1.807) is 24.3 Å². The number of carbonyl (C=O) groups excluding carboxylic acids is 4. The first kappa shape index (κ1) is 31.8. The molecule has 4 aliphatic carbocycles. The molecule has 4 heteroatoms. The molecule has 4 aliphatic rings. The molecule has 0 spiro atoms. The van der Waals surface area contributed by atoms with E-state index >= 15 is 14.4 Å². The highest BCUT2D eigenvalue weighted by Gasteiger charge is 2.86. The van der Waals surface area contributed by atoms with Gasteiger partial charge < -0.3 is 0 Å². The minimum atomic E-state index is -1.92. The van der Waals surface area contributed by atoms with Crippen molar-refractivity contribution in [1.82, 2.24) is 0 Å². The monoisotopic (exact) mass is 568 g/mol. The van der Waals surface area contributed by atoms with Gasteiger partial charge in [0.05, 0.1) is 10.8 Å². The lowest BCUT2D eigenvalue weighted by Gasteiger charge is -2.70. The molecule has 0 aliphatic heterocycles. The fourth-order valence-corrected chi connectivity index (χ4v) is 8.25. The Morgan fingerprint density at radius 2 is 1.40 bits per heavy atom. The first-order valence-electron chi connectivity index (χ1n) is 15.4. The quantitative estimate of drug-likeness (QED) is 0.161. The molecule has 0 unspecified atom stereocenters. The summed E-state index contributed by atoms with van der Waals surface area (Å²) in [5.74, 6) is -2.27. The normalized spacial score (nSPS) is 31.2. The highest BCUT2D eigenvalue weighted by molar-refractivity contribution is 6.42. The maximum absolute atomic E-state index is 15.2. The molecule has 4 saturated carbocycles. The van der Waals surface area contributed by atoms with Crippen LogP contribution in [-0.2, 0) is 14.4 Å². The van der Waals surface area contributed by atoms with E-state index < -0.39 is 39.0 Å². The third-order valence-electron chi connectivity index (χ3n) is 10.4. The molecule has 5 atom stereocenters. The van der Waals surface area contributed by atoms with E-state index in [1.807, 2.05) is 66.7 Å². The Morgan fingerprint density at radius 3 is 1.98 bits per heavy atom. The zero-order valence-electron chi connectivity index (χ0n) is 27.0. The molecule has 0 heterocycles. The SMILES string of the molecule is CC(C)=CCC/C(C)=C/C[C@@]12C[C@H]3[C@@H](C=C(C)C)[C@@](CC=C(C)C)(C1=O)C(=O)[C@@](C(=O)c1ccccc1)(C2=O)C3(C)C. The van der Waals surface area contributed by atoms with Gasteiger partial charge in [-0.25, -0.2) is 0 Å². The van der Waals surface area contributed by atoms with Gasteiger partial charge in [0.2, 0.25) is 0 Å². The number of hydrogen-bond acceptors (Lipinski definition) is 4. The van der Waals surface area contributed by atoms with Gasteiger partial charge in [0.25, 0.3) is 0 Å². The van der Waals surface area contributed by atoms with Gasteiger partial charge in [0.15, 0.2) is 28.5 Å². The number of ketones is 4. The van der Waals surface area contributed by atoms with E-state index in [0.29, 0.717) is 12.0 Å². The molecule has 42 heavy (non-hydrogen) atoms. The van der Waals surface area contributed by atoms with Crippen LogP contribution in [0.3, 0.4) is 0 Å². The molecule has 4 fully saturated rings. The number of carbonyl (C=O) groups is 4. The molecule has 5 rings (SSSR count). The summed E-state index contributed by atoms with van der Waals surface area (Å²) in [5.41, 5.74) is -1.02. The van der Waals surface area contributed by atoms with Crippen molar-refractivity contribution in [2.45, 2.75) is 94.4 Å². The Balaban J connectivity index is 2.01. The minimum Gasteiger partial charge on any atom is -0.297 e. The summed E-state index contributed by atoms with van der Waals surface area (Å²) in [7, 11) is 0. The van der Waals surface area contributed by atoms with Gasteiger partial charge in [-0.05, 0) is 91.9 Å². The van der Waals surface area contributed by atoms with E-state index in [0.717, 1.165) is 29.6 Å². The van der Waals surface area contributed by atoms with E-state index in [1.165, 1.54) is 5.57 Å². The molecule has 224 valence electrons. The van der Waals surface area contributed by atoms with E-state index in [4.69, 9.17) is 0 Å². The first-order chi connectivity index (χ1) is 19.6. The summed E-state index contributed by atoms with van der Waals surface area (Å²) in [5, 5.41) is 0. The predicted molar refractivity (Wildman–Crippen MR) is 169 cm³/mol. The van der Waals surface area contributed by atoms with Crippen molar-refractivity contribution in [3.05, 3.63) is 82.5 Å². The number of hydrogen-bond donors (Lipinski definition) is 0. The molecule has 0 radical (unpaired) electrons. The number of rotatable bonds is 10. The summed E-state index contributed by atoms with van der Waals surface area (Å²) in [6.45, 7) is 17.9. The lowest BCUT2D eigenvalue weighted by Crippen LogP contribution is -2.83. The van der Waals surface area contributed by atoms with E-state index in [2.05, 4.69) is 26.0 Å². The fourth-order valence-electron chi connectivity index (χ4n) is 8.25. The van der Waals surface area contributed by atoms with Crippen molar-refractivity contribution in [2.24, 2.45) is 33.5 Å². The molecule has 0 N–H and O–H groups in total. The zero-order valence-corrected chi connectivity index (χ0v) is 27.0. The lowest BCUT2D eigenvalue weighted by atomic mass is 9.27. The largest absolute Gasteiger partial charge is 0.297 e. The van der Waals surface area contributed by atoms with Gasteiger partial charge in [-0.15, -0.1) is 0 Å². The molecule has 0 aromatic heterocycles. The summed E-state index contributed by atoms with van der Waals surface area (Å²) < 4.78 is 0. The molecule has 4 nitrogen and oxygen atoms in total. The zero-order chi connectivity index (χ0) is 31.3. The molecular formula is C38H48O4. The molecule has 1 aromatic carbocycles. The van der Waals surface area contributed by atoms with Crippen LogP contribution in [0.1, 0.15) is 105 Å². The summed E-state index contributed by atoms with van der Waals surface area (Å²) in [6, 6.07) is 8.73. The third kappa shape index (κ3) is 4.48. The second-order valence-electron chi connectivity index (χ2n) is 14.3. The number of benzene rings is 1. The van der Waals surface area contributed by atoms with Gasteiger partial charge in [0, 0.05) is 11.5 Å². The van der Waals surface area contributed by atoms with Crippen molar-refractivity contribution in [2.75, 3.05) is 0 Å². The van der Waals surface area contributed by atoms with E-state index in [9.17, 15) is 4.79 Å². The van der Waals surface area contributed by atoms with Gasteiger partial charge in [-0.2, -0.15) is 0 Å². The van der Waals surface area contributed by atoms with Crippen LogP contribution in [-0.4, -0.2) is 23.1 Å². The maximum Gasteiger partial charge on any atom is 0.184 e. The van der Waals surface area contributed by atoms with Crippen molar-refractivity contribution >= 4 is 23.1 Å². The van der Waals surface area contributed by atoms with Crippen LogP contribution in [0, 0.1) is 33.5 Å². The Morgan fingerprint density at radius 1 is 0.786 bits per heavy atom. The fraction of sp³-hybridized carbons (Fsp3) is 0.526. The second-order valence-corrected chi connectivity index (χ2v) is 14.3. The van der Waals surface area contributed by atoms with Crippen molar-refractivity contribution in [3.8, 4) is 0 Å². The predicted octanol–water partition coefficient (Wildman–Crippen LogP) is 8.63. The van der Waals surface area contributed by atoms with Crippen LogP contribution in [0.4, 0.5) is 0 Å². The van der Waals surface area contributed by atoms with Crippen LogP contribution in [0.5, 0.6) is 0 Å². The number of Topliss-reactive ketones (excluding diaryl/α,β-unsaturated/α-hetero) is 4. The summed E-state index contributed by atoms with van der Waals surface area (Å²) >= 11 is 0. The Labute approximate surface area is 252 Å². The molecule has 0 amide bonds. The topological polar surface area (TPSA) is 68.3 Å². The standard InChI is InChI=1S/C38H48O4/c1-24(2)14-13-15-27(7)19-20-36-23-30-29(22-26(5)6)37(32(36)40,21-18-25(3)4)34(42)38(33(36)41,35(30,8)9)31(39)28-16-11-10-12-17-28/h10-12,14,16-19,22,29-30H,13,15,20-21,23H2,1-9H3/b27-19+/t29-,30+,36-,37+,38-/m1/s1. The smallest absolute Gasteiger partial charge is 0.184 e. The maximum atomic E-state index is 15.2. The van der Waals surface area contributed by atoms with Gasteiger partial charge >= 0.3 is 0 Å². The Kier molecular flexibility index (Phi) is 8.45. The van der Waals surface area contributed by atoms with Crippen LogP contribution < -0.4 is 0 Å². The van der Waals surface area contributed by atoms with E-state index in [-0.39, 0.29) is 30.5 Å². The molecule has 0 saturated heterocycles. The minimum absolute atomic E-state index is 0.196. The second kappa shape index (κ2) is 11.2. The summed E-state index contributed by atoms with van der Waals surface area (Å²) in [6.07, 6.45) is 10.8. The summed E-state index contributed by atoms with van der Waals surface area (Å²) in [4.78, 5) is 60.0. The van der Waals surface area contributed by atoms with Crippen LogP contribution >= 0.6 is 0 Å². The third-order valence-corrected chi connectivity index (χ3v) is 10.4. The Bertz CT molecular complexity index is 1420. The van der Waals surface area contributed by atoms with Crippen LogP contribution in [0.25, 0.3) is 0 Å². The molecule has 1 aromatic rings. The number of allylic oxidation sites excluding steroid dienone is 8. The molecule has 4 bridgehead atoms. The first-order valence-corrected chi connectivity index (χ1v) is 15.4.